The standard InChI is InChI=1S/C24H35NOSi/c1-7-23(20-26-27(5,6)24(2,3)4)25(18-21-14-10-8-11-15-21)19-22-16-12-9-13-17-22/h7-17,23H,1,18-20H2,2-6H3/t23-/m0/s1. The molecule has 0 aliphatic heterocycles. The van der Waals surface area contributed by atoms with E-state index in [9.17, 15) is 0 Å². The SMILES string of the molecule is C=C[C@@H](CO[Si](C)(C)C(C)(C)C)N(Cc1ccccc1)Cc1ccccc1. The fourth-order valence-electron chi connectivity index (χ4n) is 2.76. The van der Waals surface area contributed by atoms with Gasteiger partial charge in [0.15, 0.2) is 8.32 Å². The van der Waals surface area contributed by atoms with Crippen LogP contribution in [0.15, 0.2) is 73.3 Å². The summed E-state index contributed by atoms with van der Waals surface area (Å²) in [4.78, 5) is 2.46. The predicted molar refractivity (Wildman–Crippen MR) is 119 cm³/mol. The van der Waals surface area contributed by atoms with Crippen LogP contribution in [0.2, 0.25) is 18.1 Å². The first-order chi connectivity index (χ1) is 12.7. The average Bonchev–Trinajstić information content (AvgIpc) is 2.63. The van der Waals surface area contributed by atoms with Crippen molar-refractivity contribution in [2.45, 2.75) is 58.0 Å². The van der Waals surface area contributed by atoms with E-state index in [1.165, 1.54) is 11.1 Å². The van der Waals surface area contributed by atoms with Crippen molar-refractivity contribution < 1.29 is 4.43 Å². The van der Waals surface area contributed by atoms with Gasteiger partial charge >= 0.3 is 0 Å². The number of hydrogen-bond donors (Lipinski definition) is 0. The highest BCUT2D eigenvalue weighted by molar-refractivity contribution is 6.74. The molecular formula is C24H35NOSi. The van der Waals surface area contributed by atoms with E-state index in [0.717, 1.165) is 13.1 Å². The van der Waals surface area contributed by atoms with Gasteiger partial charge in [-0.2, -0.15) is 0 Å². The minimum atomic E-state index is -1.79. The van der Waals surface area contributed by atoms with Crippen molar-refractivity contribution in [1.82, 2.24) is 4.90 Å². The van der Waals surface area contributed by atoms with E-state index in [2.05, 4.69) is 106 Å². The molecule has 2 nitrogen and oxygen atoms in total. The molecule has 3 heteroatoms. The zero-order chi connectivity index (χ0) is 19.9. The quantitative estimate of drug-likeness (QED) is 0.375. The van der Waals surface area contributed by atoms with Gasteiger partial charge in [0.05, 0.1) is 12.6 Å². The highest BCUT2D eigenvalue weighted by Crippen LogP contribution is 2.36. The lowest BCUT2D eigenvalue weighted by Crippen LogP contribution is -2.45. The summed E-state index contributed by atoms with van der Waals surface area (Å²) in [6.07, 6.45) is 2.04. The second-order valence-corrected chi connectivity index (χ2v) is 13.6. The lowest BCUT2D eigenvalue weighted by molar-refractivity contribution is 0.142. The van der Waals surface area contributed by atoms with E-state index in [1.54, 1.807) is 0 Å². The van der Waals surface area contributed by atoms with E-state index >= 15 is 0 Å². The number of rotatable bonds is 9. The number of hydrogen-bond acceptors (Lipinski definition) is 2. The Balaban J connectivity index is 2.17. The van der Waals surface area contributed by atoms with Crippen LogP contribution in [0.25, 0.3) is 0 Å². The van der Waals surface area contributed by atoms with E-state index in [0.29, 0.717) is 6.61 Å². The van der Waals surface area contributed by atoms with Gasteiger partial charge in [-0.1, -0.05) is 87.5 Å². The Labute approximate surface area is 167 Å². The van der Waals surface area contributed by atoms with E-state index < -0.39 is 8.32 Å². The maximum absolute atomic E-state index is 6.53. The van der Waals surface area contributed by atoms with Crippen molar-refractivity contribution >= 4 is 8.32 Å². The van der Waals surface area contributed by atoms with Gasteiger partial charge in [-0.05, 0) is 29.3 Å². The zero-order valence-electron chi connectivity index (χ0n) is 17.6. The van der Waals surface area contributed by atoms with Crippen LogP contribution in [0.3, 0.4) is 0 Å². The molecule has 0 N–H and O–H groups in total. The molecule has 27 heavy (non-hydrogen) atoms. The van der Waals surface area contributed by atoms with Crippen LogP contribution in [0.5, 0.6) is 0 Å². The summed E-state index contributed by atoms with van der Waals surface area (Å²) in [7, 11) is -1.79. The first-order valence-corrected chi connectivity index (χ1v) is 12.7. The molecule has 0 bridgehead atoms. The van der Waals surface area contributed by atoms with Crippen LogP contribution < -0.4 is 0 Å². The minimum Gasteiger partial charge on any atom is -0.415 e. The van der Waals surface area contributed by atoms with Gasteiger partial charge in [0.2, 0.25) is 0 Å². The van der Waals surface area contributed by atoms with Gasteiger partial charge < -0.3 is 4.43 Å². The Morgan fingerprint density at radius 1 is 0.926 bits per heavy atom. The Bertz CT molecular complexity index is 650. The lowest BCUT2D eigenvalue weighted by atomic mass is 10.1. The summed E-state index contributed by atoms with van der Waals surface area (Å²) in [5.41, 5.74) is 2.63. The molecule has 0 spiro atoms. The molecule has 0 unspecified atom stereocenters. The van der Waals surface area contributed by atoms with Crippen molar-refractivity contribution in [2.24, 2.45) is 0 Å². The van der Waals surface area contributed by atoms with Crippen molar-refractivity contribution in [1.29, 1.82) is 0 Å². The zero-order valence-corrected chi connectivity index (χ0v) is 18.6. The van der Waals surface area contributed by atoms with Crippen LogP contribution in [-0.4, -0.2) is 25.9 Å². The summed E-state index contributed by atoms with van der Waals surface area (Å²) in [5, 5.41) is 0.211. The molecule has 0 aliphatic rings. The van der Waals surface area contributed by atoms with Crippen LogP contribution in [0.4, 0.5) is 0 Å². The molecular weight excluding hydrogens is 346 g/mol. The topological polar surface area (TPSA) is 12.5 Å². The lowest BCUT2D eigenvalue weighted by Gasteiger charge is -2.39. The number of nitrogens with zero attached hydrogens (tertiary/aromatic N) is 1. The summed E-state index contributed by atoms with van der Waals surface area (Å²) >= 11 is 0. The predicted octanol–water partition coefficient (Wildman–Crippen LogP) is 6.27. The molecule has 1 atom stereocenters. The monoisotopic (exact) mass is 381 g/mol. The van der Waals surface area contributed by atoms with Crippen molar-refractivity contribution in [3.05, 3.63) is 84.4 Å². The second kappa shape index (κ2) is 9.49. The van der Waals surface area contributed by atoms with Crippen molar-refractivity contribution in [3.63, 3.8) is 0 Å². The summed E-state index contributed by atoms with van der Waals surface area (Å²) in [5.74, 6) is 0. The van der Waals surface area contributed by atoms with Crippen LogP contribution >= 0.6 is 0 Å². The molecule has 2 aromatic rings. The Morgan fingerprint density at radius 2 is 1.37 bits per heavy atom. The first kappa shape index (κ1) is 21.6. The fourth-order valence-corrected chi connectivity index (χ4v) is 3.78. The highest BCUT2D eigenvalue weighted by Gasteiger charge is 2.37. The second-order valence-electron chi connectivity index (χ2n) is 8.75. The molecule has 0 fully saturated rings. The van der Waals surface area contributed by atoms with Gasteiger partial charge in [0.25, 0.3) is 0 Å². The molecule has 0 heterocycles. The van der Waals surface area contributed by atoms with Crippen molar-refractivity contribution in [3.8, 4) is 0 Å². The molecule has 0 aliphatic carbocycles. The highest BCUT2D eigenvalue weighted by atomic mass is 28.4. The van der Waals surface area contributed by atoms with E-state index in [4.69, 9.17) is 4.43 Å². The third-order valence-electron chi connectivity index (χ3n) is 5.62. The third kappa shape index (κ3) is 6.45. The van der Waals surface area contributed by atoms with Crippen molar-refractivity contribution in [2.75, 3.05) is 6.61 Å². The Kier molecular flexibility index (Phi) is 7.60. The first-order valence-electron chi connectivity index (χ1n) is 9.81. The van der Waals surface area contributed by atoms with E-state index in [-0.39, 0.29) is 11.1 Å². The van der Waals surface area contributed by atoms with Gasteiger partial charge in [-0.25, -0.2) is 0 Å². The molecule has 0 aromatic heterocycles. The molecule has 0 saturated carbocycles. The Morgan fingerprint density at radius 3 is 1.74 bits per heavy atom. The third-order valence-corrected chi connectivity index (χ3v) is 10.1. The Hall–Kier alpha value is -1.68. The molecule has 2 aromatic carbocycles. The molecule has 146 valence electrons. The smallest absolute Gasteiger partial charge is 0.192 e. The molecule has 0 amide bonds. The average molecular weight is 382 g/mol. The van der Waals surface area contributed by atoms with Gasteiger partial charge in [0, 0.05) is 13.1 Å². The number of benzene rings is 2. The molecule has 0 saturated heterocycles. The maximum Gasteiger partial charge on any atom is 0.192 e. The summed E-state index contributed by atoms with van der Waals surface area (Å²) in [6, 6.07) is 21.5. The van der Waals surface area contributed by atoms with E-state index in [1.807, 2.05) is 6.08 Å². The molecule has 0 radical (unpaired) electrons. The fraction of sp³-hybridized carbons (Fsp3) is 0.417. The maximum atomic E-state index is 6.53. The van der Waals surface area contributed by atoms with Crippen LogP contribution in [0, 0.1) is 0 Å². The van der Waals surface area contributed by atoms with Gasteiger partial charge in [-0.15, -0.1) is 6.58 Å². The largest absolute Gasteiger partial charge is 0.415 e. The normalized spacial score (nSPS) is 13.6. The van der Waals surface area contributed by atoms with Crippen LogP contribution in [-0.2, 0) is 17.5 Å². The summed E-state index contributed by atoms with van der Waals surface area (Å²) in [6.45, 7) is 18.1. The minimum absolute atomic E-state index is 0.180. The van der Waals surface area contributed by atoms with Crippen LogP contribution in [0.1, 0.15) is 31.9 Å². The summed E-state index contributed by atoms with van der Waals surface area (Å²) < 4.78 is 6.53. The van der Waals surface area contributed by atoms with Gasteiger partial charge in [0.1, 0.15) is 0 Å². The van der Waals surface area contributed by atoms with Gasteiger partial charge in [-0.3, -0.25) is 4.90 Å². The molecule has 2 rings (SSSR count).